The van der Waals surface area contributed by atoms with E-state index in [1.807, 2.05) is 0 Å². The van der Waals surface area contributed by atoms with Crippen LogP contribution in [-0.4, -0.2) is 25.8 Å². The minimum absolute atomic E-state index is 0.112. The lowest BCUT2D eigenvalue weighted by atomic mass is 9.94. The lowest BCUT2D eigenvalue weighted by Crippen LogP contribution is -2.38. The van der Waals surface area contributed by atoms with Crippen molar-refractivity contribution < 1.29 is 14.7 Å². The van der Waals surface area contributed by atoms with E-state index in [1.54, 1.807) is 0 Å². The maximum Gasteiger partial charge on any atom is 0.333 e. The van der Waals surface area contributed by atoms with Gasteiger partial charge in [0.1, 0.15) is 5.56 Å². The molecule has 1 aromatic heterocycles. The van der Waals surface area contributed by atoms with Crippen LogP contribution in [0.1, 0.15) is 12.5 Å². The SMILES string of the molecule is CC1=CC(c2c(O)n(C)c(=O)n(C)c2=O)=CC(=O)C1=O. The van der Waals surface area contributed by atoms with Crippen LogP contribution in [-0.2, 0) is 23.7 Å². The first-order valence-corrected chi connectivity index (χ1v) is 5.73. The molecule has 1 N–H and O–H groups in total. The number of ketones is 2. The lowest BCUT2D eigenvalue weighted by Gasteiger charge is -2.13. The second kappa shape index (κ2) is 4.44. The monoisotopic (exact) mass is 276 g/mol. The summed E-state index contributed by atoms with van der Waals surface area (Å²) < 4.78 is 1.71. The van der Waals surface area contributed by atoms with Crippen LogP contribution in [0, 0.1) is 0 Å². The molecule has 0 aromatic carbocycles. The number of Topliss-reactive ketones (excluding diaryl/α,β-unsaturated/α-hetero) is 1. The molecule has 0 amide bonds. The Kier molecular flexibility index (Phi) is 3.05. The number of allylic oxidation sites excluding steroid dienone is 4. The maximum atomic E-state index is 12.1. The van der Waals surface area contributed by atoms with Crippen molar-refractivity contribution in [2.24, 2.45) is 14.1 Å². The van der Waals surface area contributed by atoms with Gasteiger partial charge in [0.05, 0.1) is 0 Å². The second-order valence-corrected chi connectivity index (χ2v) is 4.52. The number of rotatable bonds is 1. The van der Waals surface area contributed by atoms with Crippen LogP contribution in [0.2, 0.25) is 0 Å². The van der Waals surface area contributed by atoms with Gasteiger partial charge in [0.15, 0.2) is 0 Å². The van der Waals surface area contributed by atoms with E-state index in [1.165, 1.54) is 27.1 Å². The molecule has 0 bridgehead atoms. The summed E-state index contributed by atoms with van der Waals surface area (Å²) in [6.45, 7) is 1.44. The third-order valence-electron chi connectivity index (χ3n) is 3.16. The normalized spacial score (nSPS) is 15.2. The molecule has 0 spiro atoms. The van der Waals surface area contributed by atoms with Crippen molar-refractivity contribution in [3.8, 4) is 5.88 Å². The molecule has 1 aliphatic carbocycles. The van der Waals surface area contributed by atoms with Crippen molar-refractivity contribution in [3.63, 3.8) is 0 Å². The van der Waals surface area contributed by atoms with Crippen molar-refractivity contribution in [1.82, 2.24) is 9.13 Å². The number of carbonyl (C=O) groups is 2. The van der Waals surface area contributed by atoms with Gasteiger partial charge in [-0.1, -0.05) is 0 Å². The molecule has 0 saturated heterocycles. The van der Waals surface area contributed by atoms with E-state index in [2.05, 4.69) is 0 Å². The summed E-state index contributed by atoms with van der Waals surface area (Å²) in [5, 5.41) is 9.96. The molecule has 0 atom stereocenters. The second-order valence-electron chi connectivity index (χ2n) is 4.52. The molecule has 7 heteroatoms. The Hall–Kier alpha value is -2.70. The summed E-state index contributed by atoms with van der Waals surface area (Å²) in [5.74, 6) is -1.97. The highest BCUT2D eigenvalue weighted by molar-refractivity contribution is 6.49. The van der Waals surface area contributed by atoms with Crippen LogP contribution in [0.4, 0.5) is 0 Å². The number of carbonyl (C=O) groups excluding carboxylic acids is 2. The van der Waals surface area contributed by atoms with E-state index in [0.717, 1.165) is 15.2 Å². The van der Waals surface area contributed by atoms with Crippen LogP contribution >= 0.6 is 0 Å². The molecule has 1 aliphatic rings. The Morgan fingerprint density at radius 2 is 1.60 bits per heavy atom. The minimum Gasteiger partial charge on any atom is -0.494 e. The number of aromatic hydroxyl groups is 1. The van der Waals surface area contributed by atoms with Gasteiger partial charge in [-0.05, 0) is 24.6 Å². The quantitative estimate of drug-likeness (QED) is 0.538. The van der Waals surface area contributed by atoms with E-state index in [-0.39, 0.29) is 16.7 Å². The Labute approximate surface area is 113 Å². The van der Waals surface area contributed by atoms with Gasteiger partial charge < -0.3 is 5.11 Å². The van der Waals surface area contributed by atoms with Crippen molar-refractivity contribution in [1.29, 1.82) is 0 Å². The molecule has 104 valence electrons. The fraction of sp³-hybridized carbons (Fsp3) is 0.231. The van der Waals surface area contributed by atoms with Gasteiger partial charge in [-0.15, -0.1) is 0 Å². The summed E-state index contributed by atoms with van der Waals surface area (Å²) in [5.41, 5.74) is -1.32. The summed E-state index contributed by atoms with van der Waals surface area (Å²) >= 11 is 0. The topological polar surface area (TPSA) is 98.4 Å². The van der Waals surface area contributed by atoms with Gasteiger partial charge in [-0.25, -0.2) is 4.79 Å². The van der Waals surface area contributed by atoms with Crippen LogP contribution in [0.15, 0.2) is 27.3 Å². The summed E-state index contributed by atoms with van der Waals surface area (Å²) in [4.78, 5) is 46.6. The summed E-state index contributed by atoms with van der Waals surface area (Å²) in [6, 6.07) is 0. The van der Waals surface area contributed by atoms with E-state index in [4.69, 9.17) is 0 Å². The molecule has 7 nitrogen and oxygen atoms in total. The molecule has 0 fully saturated rings. The molecular weight excluding hydrogens is 264 g/mol. The van der Waals surface area contributed by atoms with Crippen molar-refractivity contribution in [3.05, 3.63) is 44.1 Å². The first-order valence-electron chi connectivity index (χ1n) is 5.73. The Morgan fingerprint density at radius 3 is 2.15 bits per heavy atom. The fourth-order valence-corrected chi connectivity index (χ4v) is 1.97. The van der Waals surface area contributed by atoms with Crippen LogP contribution in [0.5, 0.6) is 5.88 Å². The number of hydrogen-bond donors (Lipinski definition) is 1. The number of nitrogens with zero attached hydrogens (tertiary/aromatic N) is 2. The van der Waals surface area contributed by atoms with E-state index < -0.39 is 28.7 Å². The molecule has 20 heavy (non-hydrogen) atoms. The zero-order chi connectivity index (χ0) is 15.2. The molecule has 1 heterocycles. The highest BCUT2D eigenvalue weighted by Gasteiger charge is 2.24. The molecular formula is C13H12N2O5. The molecule has 0 saturated carbocycles. The minimum atomic E-state index is -0.768. The van der Waals surface area contributed by atoms with Crippen LogP contribution < -0.4 is 11.2 Å². The average molecular weight is 276 g/mol. The molecule has 2 rings (SSSR count). The first kappa shape index (κ1) is 13.7. The first-order chi connectivity index (χ1) is 9.25. The lowest BCUT2D eigenvalue weighted by molar-refractivity contribution is -0.131. The molecule has 0 aliphatic heterocycles. The van der Waals surface area contributed by atoms with Crippen LogP contribution in [0.25, 0.3) is 5.57 Å². The average Bonchev–Trinajstić information content (AvgIpc) is 2.40. The van der Waals surface area contributed by atoms with E-state index >= 15 is 0 Å². The fourth-order valence-electron chi connectivity index (χ4n) is 1.97. The summed E-state index contributed by atoms with van der Waals surface area (Å²) in [7, 11) is 2.56. The number of aromatic nitrogens is 2. The highest BCUT2D eigenvalue weighted by atomic mass is 16.3. The van der Waals surface area contributed by atoms with Gasteiger partial charge >= 0.3 is 5.69 Å². The van der Waals surface area contributed by atoms with Crippen molar-refractivity contribution in [2.45, 2.75) is 6.92 Å². The summed E-state index contributed by atoms with van der Waals surface area (Å²) in [6.07, 6.45) is 2.32. The van der Waals surface area contributed by atoms with Crippen LogP contribution in [0.3, 0.4) is 0 Å². The van der Waals surface area contributed by atoms with Crippen molar-refractivity contribution >= 4 is 17.1 Å². The Balaban J connectivity index is 2.83. The largest absolute Gasteiger partial charge is 0.494 e. The zero-order valence-corrected chi connectivity index (χ0v) is 11.1. The van der Waals surface area contributed by atoms with Gasteiger partial charge in [0.25, 0.3) is 5.56 Å². The van der Waals surface area contributed by atoms with Gasteiger partial charge in [-0.3, -0.25) is 23.5 Å². The maximum absolute atomic E-state index is 12.1. The van der Waals surface area contributed by atoms with Gasteiger partial charge in [0, 0.05) is 19.7 Å². The molecule has 0 unspecified atom stereocenters. The van der Waals surface area contributed by atoms with Crippen molar-refractivity contribution in [2.75, 3.05) is 0 Å². The van der Waals surface area contributed by atoms with Gasteiger partial charge in [-0.2, -0.15) is 0 Å². The van der Waals surface area contributed by atoms with E-state index in [9.17, 15) is 24.3 Å². The van der Waals surface area contributed by atoms with Gasteiger partial charge in [0.2, 0.25) is 17.4 Å². The Morgan fingerprint density at radius 1 is 1.00 bits per heavy atom. The Bertz CT molecular complexity index is 820. The highest BCUT2D eigenvalue weighted by Crippen LogP contribution is 2.25. The smallest absolute Gasteiger partial charge is 0.333 e. The zero-order valence-electron chi connectivity index (χ0n) is 11.1. The predicted octanol–water partition coefficient (Wildman–Crippen LogP) is -0.729. The third kappa shape index (κ3) is 1.83. The third-order valence-corrected chi connectivity index (χ3v) is 3.16. The predicted molar refractivity (Wildman–Crippen MR) is 70.3 cm³/mol. The molecule has 1 aromatic rings. The standard InChI is InChI=1S/C13H12N2O5/c1-6-4-7(5-8(16)10(6)17)9-11(18)14(2)13(20)15(3)12(9)19/h4-5,18H,1-3H3. The number of hydrogen-bond acceptors (Lipinski definition) is 5. The molecule has 0 radical (unpaired) electrons. The van der Waals surface area contributed by atoms with E-state index in [0.29, 0.717) is 0 Å².